The lowest BCUT2D eigenvalue weighted by Crippen LogP contribution is -2.21. The van der Waals surface area contributed by atoms with E-state index in [1.54, 1.807) is 0 Å². The maximum Gasteiger partial charge on any atom is 0.163 e. The fraction of sp³-hybridized carbons (Fsp3) is 0.143. The molecule has 2 aromatic carbocycles. The highest BCUT2D eigenvalue weighted by Crippen LogP contribution is 2.30. The summed E-state index contributed by atoms with van der Waals surface area (Å²) in [7, 11) is 1.43. The molecule has 0 fully saturated rings. The highest BCUT2D eigenvalue weighted by atomic mass is 35.5. The molecule has 0 heterocycles. The molecule has 0 bridgehead atoms. The number of hydrogen-bond donors (Lipinski definition) is 1. The molecule has 1 unspecified atom stereocenters. The van der Waals surface area contributed by atoms with Crippen LogP contribution in [0, 0.1) is 23.3 Å². The summed E-state index contributed by atoms with van der Waals surface area (Å²) in [6, 6.07) is 4.17. The monoisotopic (exact) mass is 303 g/mol. The van der Waals surface area contributed by atoms with Crippen molar-refractivity contribution in [3.8, 4) is 0 Å². The highest BCUT2D eigenvalue weighted by Gasteiger charge is 2.22. The van der Waals surface area contributed by atoms with E-state index in [4.69, 9.17) is 11.6 Å². The van der Waals surface area contributed by atoms with Gasteiger partial charge in [0.1, 0.15) is 11.6 Å². The van der Waals surface area contributed by atoms with E-state index in [1.807, 2.05) is 0 Å². The average Bonchev–Trinajstić information content (AvgIpc) is 2.41. The van der Waals surface area contributed by atoms with Gasteiger partial charge in [0.15, 0.2) is 11.6 Å². The van der Waals surface area contributed by atoms with Gasteiger partial charge in [-0.15, -0.1) is 0 Å². The fourth-order valence-electron chi connectivity index (χ4n) is 1.98. The van der Waals surface area contributed by atoms with Crippen molar-refractivity contribution in [2.45, 2.75) is 6.04 Å². The first-order chi connectivity index (χ1) is 9.45. The van der Waals surface area contributed by atoms with Crippen LogP contribution in [0.2, 0.25) is 5.02 Å². The molecule has 0 saturated heterocycles. The second-order valence-corrected chi connectivity index (χ2v) is 4.56. The summed E-state index contributed by atoms with van der Waals surface area (Å²) < 4.78 is 54.4. The van der Waals surface area contributed by atoms with Crippen LogP contribution in [0.25, 0.3) is 0 Å². The summed E-state index contributed by atoms with van der Waals surface area (Å²) in [6.45, 7) is 0. The molecule has 1 N–H and O–H groups in total. The van der Waals surface area contributed by atoms with E-state index in [0.29, 0.717) is 0 Å². The molecule has 1 atom stereocenters. The van der Waals surface area contributed by atoms with Gasteiger partial charge in [0.05, 0.1) is 11.1 Å². The van der Waals surface area contributed by atoms with Crippen molar-refractivity contribution in [2.24, 2.45) is 0 Å². The molecule has 0 spiro atoms. The molecule has 0 amide bonds. The van der Waals surface area contributed by atoms with Crippen LogP contribution in [0.4, 0.5) is 17.6 Å². The molecule has 0 aromatic heterocycles. The van der Waals surface area contributed by atoms with Gasteiger partial charge in [-0.05, 0) is 25.2 Å². The topological polar surface area (TPSA) is 12.0 Å². The summed E-state index contributed by atoms with van der Waals surface area (Å²) in [4.78, 5) is 0. The second kappa shape index (κ2) is 5.81. The van der Waals surface area contributed by atoms with E-state index >= 15 is 0 Å². The number of halogens is 5. The van der Waals surface area contributed by atoms with Crippen molar-refractivity contribution in [1.82, 2.24) is 5.32 Å². The van der Waals surface area contributed by atoms with E-state index in [-0.39, 0.29) is 16.1 Å². The predicted molar refractivity (Wildman–Crippen MR) is 68.6 cm³/mol. The SMILES string of the molecule is CNC(c1cc(F)c(Cl)cc1F)c1cccc(F)c1F. The molecule has 2 aromatic rings. The Kier molecular flexibility index (Phi) is 4.30. The molecule has 1 nitrogen and oxygen atoms in total. The normalized spacial score (nSPS) is 12.5. The molecular formula is C14H10ClF4N. The standard InChI is InChI=1S/C14H10ClF4N/c1-20-14(7-3-2-4-10(16)13(7)19)8-5-12(18)9(15)6-11(8)17/h2-6,14,20H,1H3. The fourth-order valence-corrected chi connectivity index (χ4v) is 2.13. The zero-order valence-corrected chi connectivity index (χ0v) is 11.1. The average molecular weight is 304 g/mol. The molecule has 6 heteroatoms. The zero-order chi connectivity index (χ0) is 14.9. The smallest absolute Gasteiger partial charge is 0.163 e. The van der Waals surface area contributed by atoms with E-state index in [0.717, 1.165) is 18.2 Å². The van der Waals surface area contributed by atoms with Crippen molar-refractivity contribution >= 4 is 11.6 Å². The third-order valence-electron chi connectivity index (χ3n) is 2.93. The van der Waals surface area contributed by atoms with Crippen LogP contribution in [-0.4, -0.2) is 7.05 Å². The van der Waals surface area contributed by atoms with Crippen LogP contribution in [-0.2, 0) is 0 Å². The predicted octanol–water partition coefficient (Wildman–Crippen LogP) is 4.21. The summed E-state index contributed by atoms with van der Waals surface area (Å²) in [5.74, 6) is -3.81. The Balaban J connectivity index is 2.58. The van der Waals surface area contributed by atoms with Crippen molar-refractivity contribution in [1.29, 1.82) is 0 Å². The number of nitrogens with one attached hydrogen (secondary N) is 1. The minimum absolute atomic E-state index is 0.117. The Labute approximate surface area is 118 Å². The third kappa shape index (κ3) is 2.64. The first-order valence-electron chi connectivity index (χ1n) is 5.71. The van der Waals surface area contributed by atoms with Crippen molar-refractivity contribution in [3.63, 3.8) is 0 Å². The summed E-state index contributed by atoms with van der Waals surface area (Å²) in [5.41, 5.74) is -0.271. The Morgan fingerprint density at radius 2 is 1.65 bits per heavy atom. The second-order valence-electron chi connectivity index (χ2n) is 4.15. The molecule has 0 radical (unpaired) electrons. The Morgan fingerprint density at radius 1 is 0.950 bits per heavy atom. The first kappa shape index (κ1) is 14.8. The Hall–Kier alpha value is -1.59. The van der Waals surface area contributed by atoms with Crippen LogP contribution in [0.15, 0.2) is 30.3 Å². The number of rotatable bonds is 3. The molecule has 0 saturated carbocycles. The largest absolute Gasteiger partial charge is 0.309 e. The van der Waals surface area contributed by atoms with Crippen LogP contribution in [0.5, 0.6) is 0 Å². The molecule has 106 valence electrons. The van der Waals surface area contributed by atoms with Crippen molar-refractivity contribution in [3.05, 3.63) is 69.8 Å². The Bertz CT molecular complexity index is 645. The van der Waals surface area contributed by atoms with Gasteiger partial charge in [0.2, 0.25) is 0 Å². The van der Waals surface area contributed by atoms with Crippen LogP contribution in [0.1, 0.15) is 17.2 Å². The molecular weight excluding hydrogens is 294 g/mol. The van der Waals surface area contributed by atoms with Crippen LogP contribution in [0.3, 0.4) is 0 Å². The summed E-state index contributed by atoms with van der Waals surface area (Å²) in [5, 5.41) is 2.26. The van der Waals surface area contributed by atoms with Gasteiger partial charge < -0.3 is 5.32 Å². The lowest BCUT2D eigenvalue weighted by atomic mass is 9.97. The minimum Gasteiger partial charge on any atom is -0.309 e. The Morgan fingerprint density at radius 3 is 2.30 bits per heavy atom. The molecule has 2 rings (SSSR count). The van der Waals surface area contributed by atoms with Crippen molar-refractivity contribution in [2.75, 3.05) is 7.05 Å². The van der Waals surface area contributed by atoms with Gasteiger partial charge in [-0.3, -0.25) is 0 Å². The third-order valence-corrected chi connectivity index (χ3v) is 3.22. The number of benzene rings is 2. The van der Waals surface area contributed by atoms with E-state index < -0.39 is 29.3 Å². The molecule has 0 aliphatic carbocycles. The summed E-state index contributed by atoms with van der Waals surface area (Å²) in [6.07, 6.45) is 0. The molecule has 20 heavy (non-hydrogen) atoms. The number of hydrogen-bond acceptors (Lipinski definition) is 1. The lowest BCUT2D eigenvalue weighted by Gasteiger charge is -2.19. The van der Waals surface area contributed by atoms with E-state index in [2.05, 4.69) is 5.32 Å². The zero-order valence-electron chi connectivity index (χ0n) is 10.4. The van der Waals surface area contributed by atoms with Gasteiger partial charge >= 0.3 is 0 Å². The molecule has 0 aliphatic rings. The summed E-state index contributed by atoms with van der Waals surface area (Å²) >= 11 is 5.47. The minimum atomic E-state index is -1.11. The lowest BCUT2D eigenvalue weighted by molar-refractivity contribution is 0.481. The first-order valence-corrected chi connectivity index (χ1v) is 6.09. The van der Waals surface area contributed by atoms with E-state index in [1.165, 1.54) is 19.2 Å². The van der Waals surface area contributed by atoms with Gasteiger partial charge in [0.25, 0.3) is 0 Å². The highest BCUT2D eigenvalue weighted by molar-refractivity contribution is 6.30. The maximum absolute atomic E-state index is 13.9. The quantitative estimate of drug-likeness (QED) is 0.662. The van der Waals surface area contributed by atoms with Gasteiger partial charge in [-0.25, -0.2) is 17.6 Å². The van der Waals surface area contributed by atoms with Crippen LogP contribution < -0.4 is 5.32 Å². The van der Waals surface area contributed by atoms with Gasteiger partial charge in [-0.1, -0.05) is 23.7 Å². The van der Waals surface area contributed by atoms with Gasteiger partial charge in [-0.2, -0.15) is 0 Å². The van der Waals surface area contributed by atoms with Crippen LogP contribution >= 0.6 is 11.6 Å². The molecule has 0 aliphatic heterocycles. The van der Waals surface area contributed by atoms with Crippen molar-refractivity contribution < 1.29 is 17.6 Å². The van der Waals surface area contributed by atoms with E-state index in [9.17, 15) is 17.6 Å². The van der Waals surface area contributed by atoms with Gasteiger partial charge in [0, 0.05) is 11.1 Å². The maximum atomic E-state index is 13.9.